The van der Waals surface area contributed by atoms with Crippen molar-refractivity contribution in [3.05, 3.63) is 107 Å². The molecule has 0 N–H and O–H groups in total. The molecular weight excluding hydrogens is 314 g/mol. The van der Waals surface area contributed by atoms with E-state index in [2.05, 4.69) is 43.3 Å². The summed E-state index contributed by atoms with van der Waals surface area (Å²) >= 11 is 0. The highest BCUT2D eigenvalue weighted by Gasteiger charge is 2.06. The summed E-state index contributed by atoms with van der Waals surface area (Å²) in [6.45, 7) is 2.22. The van der Waals surface area contributed by atoms with Crippen LogP contribution < -0.4 is 0 Å². The molecule has 0 nitrogen and oxygen atoms in total. The van der Waals surface area contributed by atoms with E-state index >= 15 is 0 Å². The topological polar surface area (TPSA) is 0 Å². The van der Waals surface area contributed by atoms with E-state index in [1.807, 2.05) is 24.3 Å². The molecule has 0 amide bonds. The minimum Gasteiger partial charge on any atom is -0.207 e. The second-order valence-electron chi connectivity index (χ2n) is 6.26. The van der Waals surface area contributed by atoms with Crippen molar-refractivity contribution in [3.63, 3.8) is 0 Å². The van der Waals surface area contributed by atoms with E-state index < -0.39 is 11.6 Å². The first-order chi connectivity index (χ1) is 12.1. The molecule has 2 heteroatoms. The van der Waals surface area contributed by atoms with Crippen LogP contribution >= 0.6 is 0 Å². The van der Waals surface area contributed by atoms with E-state index in [4.69, 9.17) is 0 Å². The Morgan fingerprint density at radius 1 is 0.840 bits per heavy atom. The SMILES string of the molecule is C[C@H](Cc1ccc(C=Cc2ccc(F)cc2F)cc1)c1ccccc1. The highest BCUT2D eigenvalue weighted by molar-refractivity contribution is 5.69. The molecule has 3 aromatic rings. The zero-order valence-corrected chi connectivity index (χ0v) is 14.1. The minimum absolute atomic E-state index is 0.378. The maximum atomic E-state index is 13.6. The highest BCUT2D eigenvalue weighted by atomic mass is 19.1. The first-order valence-electron chi connectivity index (χ1n) is 8.39. The summed E-state index contributed by atoms with van der Waals surface area (Å²) in [5.74, 6) is -0.660. The molecule has 25 heavy (non-hydrogen) atoms. The molecule has 0 spiro atoms. The van der Waals surface area contributed by atoms with Crippen LogP contribution in [0.3, 0.4) is 0 Å². The van der Waals surface area contributed by atoms with Crippen molar-refractivity contribution in [2.75, 3.05) is 0 Å². The molecule has 0 unspecified atom stereocenters. The van der Waals surface area contributed by atoms with Gasteiger partial charge in [-0.05, 0) is 41.2 Å². The van der Waals surface area contributed by atoms with Gasteiger partial charge in [0.05, 0.1) is 0 Å². The number of hydrogen-bond acceptors (Lipinski definition) is 0. The molecule has 0 aromatic heterocycles. The van der Waals surface area contributed by atoms with Gasteiger partial charge in [0.25, 0.3) is 0 Å². The van der Waals surface area contributed by atoms with Gasteiger partial charge in [0.2, 0.25) is 0 Å². The predicted molar refractivity (Wildman–Crippen MR) is 100 cm³/mol. The zero-order chi connectivity index (χ0) is 17.6. The third-order valence-electron chi connectivity index (χ3n) is 4.31. The molecule has 0 heterocycles. The normalized spacial score (nSPS) is 12.4. The van der Waals surface area contributed by atoms with Gasteiger partial charge in [-0.2, -0.15) is 0 Å². The van der Waals surface area contributed by atoms with Crippen LogP contribution in [0.4, 0.5) is 8.78 Å². The monoisotopic (exact) mass is 334 g/mol. The molecule has 0 saturated carbocycles. The summed E-state index contributed by atoms with van der Waals surface area (Å²) in [5, 5.41) is 0. The minimum atomic E-state index is -0.563. The Bertz CT molecular complexity index is 849. The van der Waals surface area contributed by atoms with Gasteiger partial charge in [-0.15, -0.1) is 0 Å². The number of hydrogen-bond donors (Lipinski definition) is 0. The summed E-state index contributed by atoms with van der Waals surface area (Å²) < 4.78 is 26.5. The van der Waals surface area contributed by atoms with Gasteiger partial charge < -0.3 is 0 Å². The van der Waals surface area contributed by atoms with E-state index in [0.29, 0.717) is 11.5 Å². The van der Waals surface area contributed by atoms with Crippen LogP contribution in [0.2, 0.25) is 0 Å². The smallest absolute Gasteiger partial charge is 0.133 e. The first-order valence-corrected chi connectivity index (χ1v) is 8.39. The fraction of sp³-hybridized carbons (Fsp3) is 0.130. The summed E-state index contributed by atoms with van der Waals surface area (Å²) in [6.07, 6.45) is 4.47. The van der Waals surface area contributed by atoms with Crippen LogP contribution in [0, 0.1) is 11.6 Å². The van der Waals surface area contributed by atoms with E-state index in [9.17, 15) is 8.78 Å². The fourth-order valence-corrected chi connectivity index (χ4v) is 2.84. The number of halogens is 2. The Morgan fingerprint density at radius 2 is 1.56 bits per heavy atom. The zero-order valence-electron chi connectivity index (χ0n) is 14.1. The third-order valence-corrected chi connectivity index (χ3v) is 4.31. The van der Waals surface area contributed by atoms with Crippen molar-refractivity contribution < 1.29 is 8.78 Å². The Morgan fingerprint density at radius 3 is 2.24 bits per heavy atom. The largest absolute Gasteiger partial charge is 0.207 e. The fourth-order valence-electron chi connectivity index (χ4n) is 2.84. The van der Waals surface area contributed by atoms with Crippen LogP contribution in [-0.2, 0) is 6.42 Å². The molecule has 0 fully saturated rings. The molecule has 3 rings (SSSR count). The molecule has 0 aliphatic heterocycles. The number of rotatable bonds is 5. The van der Waals surface area contributed by atoms with Gasteiger partial charge in [0.15, 0.2) is 0 Å². The Balaban J connectivity index is 1.67. The van der Waals surface area contributed by atoms with Gasteiger partial charge in [-0.3, -0.25) is 0 Å². The molecule has 3 aromatic carbocycles. The highest BCUT2D eigenvalue weighted by Crippen LogP contribution is 2.21. The van der Waals surface area contributed by atoms with Gasteiger partial charge in [0.1, 0.15) is 11.6 Å². The summed E-state index contributed by atoms with van der Waals surface area (Å²) in [5.41, 5.74) is 3.96. The van der Waals surface area contributed by atoms with Gasteiger partial charge in [0, 0.05) is 11.6 Å². The molecule has 0 radical (unpaired) electrons. The van der Waals surface area contributed by atoms with Crippen LogP contribution in [0.25, 0.3) is 12.2 Å². The van der Waals surface area contributed by atoms with Crippen molar-refractivity contribution in [2.45, 2.75) is 19.3 Å². The van der Waals surface area contributed by atoms with E-state index in [1.165, 1.54) is 23.3 Å². The third kappa shape index (κ3) is 4.63. The first kappa shape index (κ1) is 17.1. The summed E-state index contributed by atoms with van der Waals surface area (Å²) in [6, 6.07) is 22.3. The molecule has 0 aliphatic carbocycles. The maximum absolute atomic E-state index is 13.6. The van der Waals surface area contributed by atoms with Gasteiger partial charge in [-0.25, -0.2) is 8.78 Å². The Hall–Kier alpha value is -2.74. The van der Waals surface area contributed by atoms with Crippen LogP contribution in [-0.4, -0.2) is 0 Å². The number of benzene rings is 3. The molecule has 0 bridgehead atoms. The van der Waals surface area contributed by atoms with Gasteiger partial charge in [-0.1, -0.05) is 73.7 Å². The average molecular weight is 334 g/mol. The van der Waals surface area contributed by atoms with Crippen molar-refractivity contribution >= 4 is 12.2 Å². The maximum Gasteiger partial charge on any atom is 0.133 e. The Kier molecular flexibility index (Phi) is 5.39. The van der Waals surface area contributed by atoms with Crippen LogP contribution in [0.5, 0.6) is 0 Å². The van der Waals surface area contributed by atoms with E-state index in [0.717, 1.165) is 18.1 Å². The second-order valence-corrected chi connectivity index (χ2v) is 6.26. The van der Waals surface area contributed by atoms with E-state index in [1.54, 1.807) is 6.08 Å². The summed E-state index contributed by atoms with van der Waals surface area (Å²) in [4.78, 5) is 0. The predicted octanol–water partition coefficient (Wildman–Crippen LogP) is 6.48. The summed E-state index contributed by atoms with van der Waals surface area (Å²) in [7, 11) is 0. The van der Waals surface area contributed by atoms with Gasteiger partial charge >= 0.3 is 0 Å². The van der Waals surface area contributed by atoms with Crippen LogP contribution in [0.1, 0.15) is 35.1 Å². The average Bonchev–Trinajstić information content (AvgIpc) is 2.63. The molecular formula is C23H20F2. The lowest BCUT2D eigenvalue weighted by molar-refractivity contribution is 0.581. The lowest BCUT2D eigenvalue weighted by atomic mass is 9.93. The van der Waals surface area contributed by atoms with Crippen molar-refractivity contribution in [3.8, 4) is 0 Å². The quantitative estimate of drug-likeness (QED) is 0.468. The second kappa shape index (κ2) is 7.89. The standard InChI is InChI=1S/C23H20F2/c1-17(20-5-3-2-4-6-20)15-19-9-7-18(8-10-19)11-12-21-13-14-22(24)16-23(21)25/h2-14,16-17H,15H2,1H3/t17-/m1/s1. The lowest BCUT2D eigenvalue weighted by Gasteiger charge is -2.12. The molecule has 0 aliphatic rings. The van der Waals surface area contributed by atoms with Crippen molar-refractivity contribution in [2.24, 2.45) is 0 Å². The van der Waals surface area contributed by atoms with Crippen molar-refractivity contribution in [1.29, 1.82) is 0 Å². The molecule has 1 atom stereocenters. The van der Waals surface area contributed by atoms with Crippen molar-refractivity contribution in [1.82, 2.24) is 0 Å². The lowest BCUT2D eigenvalue weighted by Crippen LogP contribution is -1.98. The molecule has 126 valence electrons. The Labute approximate surface area is 147 Å². The van der Waals surface area contributed by atoms with E-state index in [-0.39, 0.29) is 0 Å². The molecule has 0 saturated heterocycles. The van der Waals surface area contributed by atoms with Crippen LogP contribution in [0.15, 0.2) is 72.8 Å².